The number of carbonyl (C=O) groups excluding carboxylic acids is 1. The number of thiazole rings is 1. The summed E-state index contributed by atoms with van der Waals surface area (Å²) in [5.41, 5.74) is 1.93. The highest BCUT2D eigenvalue weighted by atomic mass is 32.1. The lowest BCUT2D eigenvalue weighted by Crippen LogP contribution is -2.25. The van der Waals surface area contributed by atoms with Gasteiger partial charge in [0.15, 0.2) is 0 Å². The molecule has 0 radical (unpaired) electrons. The summed E-state index contributed by atoms with van der Waals surface area (Å²) in [5, 5.41) is 5.65. The molecule has 0 aromatic carbocycles. The van der Waals surface area contributed by atoms with Crippen LogP contribution in [0.25, 0.3) is 11.3 Å². The first kappa shape index (κ1) is 16.6. The van der Waals surface area contributed by atoms with Crippen LogP contribution in [-0.2, 0) is 6.54 Å². The van der Waals surface area contributed by atoms with Gasteiger partial charge >= 0.3 is 0 Å². The van der Waals surface area contributed by atoms with Gasteiger partial charge in [0.1, 0.15) is 5.01 Å². The Morgan fingerprint density at radius 1 is 1.15 bits per heavy atom. The van der Waals surface area contributed by atoms with Gasteiger partial charge < -0.3 is 10.2 Å². The number of nitrogens with zero attached hydrogens (tertiary/aromatic N) is 5. The minimum atomic E-state index is -0.208. The summed E-state index contributed by atoms with van der Waals surface area (Å²) in [6.07, 6.45) is 9.03. The summed E-state index contributed by atoms with van der Waals surface area (Å²) in [6, 6.07) is 3.71. The van der Waals surface area contributed by atoms with Gasteiger partial charge in [-0.3, -0.25) is 9.78 Å². The van der Waals surface area contributed by atoms with E-state index in [4.69, 9.17) is 4.98 Å². The quantitative estimate of drug-likeness (QED) is 0.747. The summed E-state index contributed by atoms with van der Waals surface area (Å²) in [4.78, 5) is 32.3. The zero-order valence-corrected chi connectivity index (χ0v) is 14.9. The smallest absolute Gasteiger partial charge is 0.255 e. The van der Waals surface area contributed by atoms with Gasteiger partial charge in [-0.2, -0.15) is 0 Å². The van der Waals surface area contributed by atoms with Crippen LogP contribution in [-0.4, -0.2) is 38.9 Å². The third kappa shape index (κ3) is 3.55. The number of pyridine rings is 1. The number of amides is 1. The van der Waals surface area contributed by atoms with E-state index in [1.807, 2.05) is 17.5 Å². The third-order valence-corrected chi connectivity index (χ3v) is 5.03. The molecular weight excluding hydrogens is 348 g/mol. The summed E-state index contributed by atoms with van der Waals surface area (Å²) >= 11 is 1.51. The van der Waals surface area contributed by atoms with Crippen LogP contribution in [0.15, 0.2) is 42.3 Å². The first-order valence-electron chi connectivity index (χ1n) is 8.50. The lowest BCUT2D eigenvalue weighted by atomic mass is 10.1. The molecule has 7 nitrogen and oxygen atoms in total. The van der Waals surface area contributed by atoms with Crippen LogP contribution in [0.2, 0.25) is 0 Å². The van der Waals surface area contributed by atoms with Crippen molar-refractivity contribution in [3.8, 4) is 11.3 Å². The Labute approximate surface area is 155 Å². The van der Waals surface area contributed by atoms with Crippen molar-refractivity contribution >= 4 is 23.2 Å². The lowest BCUT2D eigenvalue weighted by molar-refractivity contribution is 0.0951. The van der Waals surface area contributed by atoms with Crippen molar-refractivity contribution in [1.82, 2.24) is 25.3 Å². The Hall–Kier alpha value is -2.87. The number of carbonyl (C=O) groups is 1. The van der Waals surface area contributed by atoms with E-state index in [0.29, 0.717) is 23.8 Å². The second-order valence-electron chi connectivity index (χ2n) is 5.97. The average Bonchev–Trinajstić information content (AvgIpc) is 3.40. The largest absolute Gasteiger partial charge is 0.345 e. The molecular formula is C18H18N6OS. The molecule has 1 saturated heterocycles. The maximum atomic E-state index is 12.7. The zero-order valence-electron chi connectivity index (χ0n) is 14.1. The van der Waals surface area contributed by atoms with Crippen molar-refractivity contribution in [2.45, 2.75) is 19.4 Å². The van der Waals surface area contributed by atoms with Crippen LogP contribution in [0.3, 0.4) is 0 Å². The van der Waals surface area contributed by atoms with E-state index >= 15 is 0 Å². The van der Waals surface area contributed by atoms with E-state index in [-0.39, 0.29) is 5.91 Å². The Morgan fingerprint density at radius 3 is 2.69 bits per heavy atom. The Kier molecular flexibility index (Phi) is 4.83. The fraction of sp³-hybridized carbons (Fsp3) is 0.278. The van der Waals surface area contributed by atoms with Gasteiger partial charge in [0, 0.05) is 48.8 Å². The third-order valence-electron chi connectivity index (χ3n) is 4.25. The number of aromatic nitrogens is 4. The monoisotopic (exact) mass is 366 g/mol. The first-order chi connectivity index (χ1) is 12.8. The summed E-state index contributed by atoms with van der Waals surface area (Å²) in [7, 11) is 0. The molecule has 0 atom stereocenters. The minimum Gasteiger partial charge on any atom is -0.345 e. The van der Waals surface area contributed by atoms with Gasteiger partial charge in [0.2, 0.25) is 5.95 Å². The predicted molar refractivity (Wildman–Crippen MR) is 100.0 cm³/mol. The molecule has 1 fully saturated rings. The highest BCUT2D eigenvalue weighted by Crippen LogP contribution is 2.24. The van der Waals surface area contributed by atoms with E-state index in [1.165, 1.54) is 11.3 Å². The molecule has 4 rings (SSSR count). The second-order valence-corrected chi connectivity index (χ2v) is 6.95. The maximum absolute atomic E-state index is 12.7. The summed E-state index contributed by atoms with van der Waals surface area (Å²) < 4.78 is 0. The summed E-state index contributed by atoms with van der Waals surface area (Å²) in [6.45, 7) is 2.29. The van der Waals surface area contributed by atoms with Crippen molar-refractivity contribution in [2.75, 3.05) is 18.0 Å². The van der Waals surface area contributed by atoms with Crippen LogP contribution < -0.4 is 10.2 Å². The van der Waals surface area contributed by atoms with E-state index in [9.17, 15) is 4.79 Å². The van der Waals surface area contributed by atoms with Gasteiger partial charge in [0.25, 0.3) is 5.91 Å². The number of hydrogen-bond acceptors (Lipinski definition) is 7. The Balaban J connectivity index is 1.65. The fourth-order valence-electron chi connectivity index (χ4n) is 2.93. The molecule has 1 aliphatic rings. The molecule has 0 saturated carbocycles. The van der Waals surface area contributed by atoms with Crippen molar-refractivity contribution in [3.63, 3.8) is 0 Å². The number of hydrogen-bond donors (Lipinski definition) is 1. The number of anilines is 1. The van der Waals surface area contributed by atoms with Gasteiger partial charge in [-0.25, -0.2) is 15.0 Å². The number of nitrogens with one attached hydrogen (secondary N) is 1. The van der Waals surface area contributed by atoms with E-state index < -0.39 is 0 Å². The van der Waals surface area contributed by atoms with Gasteiger partial charge in [0.05, 0.1) is 17.8 Å². The van der Waals surface area contributed by atoms with Crippen molar-refractivity contribution < 1.29 is 4.79 Å². The topological polar surface area (TPSA) is 83.9 Å². The van der Waals surface area contributed by atoms with Gasteiger partial charge in [-0.1, -0.05) is 0 Å². The second kappa shape index (κ2) is 7.57. The molecule has 4 heterocycles. The van der Waals surface area contributed by atoms with Gasteiger partial charge in [-0.05, 0) is 25.0 Å². The van der Waals surface area contributed by atoms with Crippen LogP contribution in [0.1, 0.15) is 28.2 Å². The highest BCUT2D eigenvalue weighted by molar-refractivity contribution is 7.09. The molecule has 8 heteroatoms. The number of rotatable bonds is 5. The molecule has 0 spiro atoms. The van der Waals surface area contributed by atoms with Gasteiger partial charge in [-0.15, -0.1) is 11.3 Å². The van der Waals surface area contributed by atoms with Crippen LogP contribution >= 0.6 is 11.3 Å². The highest BCUT2D eigenvalue weighted by Gasteiger charge is 2.20. The molecule has 132 valence electrons. The molecule has 1 N–H and O–H groups in total. The Bertz CT molecular complexity index is 878. The predicted octanol–water partition coefficient (Wildman–Crippen LogP) is 2.53. The van der Waals surface area contributed by atoms with Crippen LogP contribution in [0, 0.1) is 0 Å². The molecule has 0 unspecified atom stereocenters. The molecule has 1 amide bonds. The molecule has 3 aromatic rings. The molecule has 1 aliphatic heterocycles. The van der Waals surface area contributed by atoms with E-state index in [1.54, 1.807) is 24.8 Å². The summed E-state index contributed by atoms with van der Waals surface area (Å²) in [5.74, 6) is 0.464. The van der Waals surface area contributed by atoms with E-state index in [0.717, 1.165) is 36.5 Å². The normalized spacial score (nSPS) is 13.8. The van der Waals surface area contributed by atoms with Crippen molar-refractivity contribution in [1.29, 1.82) is 0 Å². The average molecular weight is 366 g/mol. The van der Waals surface area contributed by atoms with E-state index in [2.05, 4.69) is 25.2 Å². The first-order valence-corrected chi connectivity index (χ1v) is 9.38. The van der Waals surface area contributed by atoms with Crippen LogP contribution in [0.5, 0.6) is 0 Å². The lowest BCUT2D eigenvalue weighted by Gasteiger charge is -2.17. The Morgan fingerprint density at radius 2 is 1.96 bits per heavy atom. The molecule has 0 aliphatic carbocycles. The molecule has 0 bridgehead atoms. The maximum Gasteiger partial charge on any atom is 0.255 e. The minimum absolute atomic E-state index is 0.208. The van der Waals surface area contributed by atoms with Crippen molar-refractivity contribution in [3.05, 3.63) is 52.9 Å². The fourth-order valence-corrected chi connectivity index (χ4v) is 3.49. The standard InChI is InChI=1S/C18H18N6OS/c25-17(21-12-15-20-7-10-26-15)14-11-22-18(24-8-1-2-9-24)23-16(14)13-3-5-19-6-4-13/h3-7,10-11H,1-2,8-9,12H2,(H,21,25). The van der Waals surface area contributed by atoms with Crippen molar-refractivity contribution in [2.24, 2.45) is 0 Å². The molecule has 26 heavy (non-hydrogen) atoms. The zero-order chi connectivity index (χ0) is 17.8. The SMILES string of the molecule is O=C(NCc1nccs1)c1cnc(N2CCCC2)nc1-c1ccncc1. The molecule has 3 aromatic heterocycles. The van der Waals surface area contributed by atoms with Crippen LogP contribution in [0.4, 0.5) is 5.95 Å².